The molecule has 0 bridgehead atoms. The van der Waals surface area contributed by atoms with Gasteiger partial charge in [-0.2, -0.15) is 0 Å². The van der Waals surface area contributed by atoms with Crippen LogP contribution in [0.2, 0.25) is 0 Å². The Morgan fingerprint density at radius 1 is 1.02 bits per heavy atom. The van der Waals surface area contributed by atoms with E-state index in [0.717, 1.165) is 57.4 Å². The Labute approximate surface area is 238 Å². The van der Waals surface area contributed by atoms with E-state index in [1.807, 2.05) is 36.5 Å². The third-order valence-electron chi connectivity index (χ3n) is 9.14. The van der Waals surface area contributed by atoms with Gasteiger partial charge in [-0.1, -0.05) is 48.5 Å². The highest BCUT2D eigenvalue weighted by Crippen LogP contribution is 2.35. The van der Waals surface area contributed by atoms with Crippen LogP contribution in [0.5, 0.6) is 0 Å². The van der Waals surface area contributed by atoms with Crippen molar-refractivity contribution in [2.24, 2.45) is 5.92 Å². The molecular weight excluding hydrogens is 496 g/mol. The average molecular weight is 539 g/mol. The number of esters is 1. The van der Waals surface area contributed by atoms with E-state index in [-0.39, 0.29) is 5.97 Å². The summed E-state index contributed by atoms with van der Waals surface area (Å²) in [5.74, 6) is 0.322. The second-order valence-corrected chi connectivity index (χ2v) is 11.9. The van der Waals surface area contributed by atoms with Gasteiger partial charge in [0.05, 0.1) is 11.7 Å². The Kier molecular flexibility index (Phi) is 8.45. The van der Waals surface area contributed by atoms with Gasteiger partial charge in [0, 0.05) is 50.5 Å². The van der Waals surface area contributed by atoms with Crippen molar-refractivity contribution in [1.82, 2.24) is 15.2 Å². The van der Waals surface area contributed by atoms with Gasteiger partial charge in [0.15, 0.2) is 0 Å². The number of aromatic nitrogens is 1. The van der Waals surface area contributed by atoms with Crippen molar-refractivity contribution in [2.75, 3.05) is 31.6 Å². The van der Waals surface area contributed by atoms with Gasteiger partial charge in [-0.05, 0) is 85.9 Å². The monoisotopic (exact) mass is 538 g/mol. The molecule has 2 aromatic carbocycles. The lowest BCUT2D eigenvalue weighted by atomic mass is 9.89. The zero-order valence-electron chi connectivity index (χ0n) is 23.7. The molecule has 0 amide bonds. The number of nitrogens with one attached hydrogen (secondary N) is 1. The van der Waals surface area contributed by atoms with Crippen LogP contribution in [0.1, 0.15) is 66.1 Å². The molecule has 6 nitrogen and oxygen atoms in total. The Hall–Kier alpha value is -3.22. The highest BCUT2D eigenvalue weighted by atomic mass is 16.5. The van der Waals surface area contributed by atoms with Crippen molar-refractivity contribution in [3.63, 3.8) is 0 Å². The highest BCUT2D eigenvalue weighted by molar-refractivity contribution is 5.69. The second kappa shape index (κ2) is 12.5. The summed E-state index contributed by atoms with van der Waals surface area (Å²) in [6.07, 6.45) is 9.14. The van der Waals surface area contributed by atoms with Crippen molar-refractivity contribution in [3.8, 4) is 0 Å². The van der Waals surface area contributed by atoms with Crippen LogP contribution in [-0.2, 0) is 35.5 Å². The van der Waals surface area contributed by atoms with Gasteiger partial charge >= 0.3 is 5.97 Å². The van der Waals surface area contributed by atoms with Gasteiger partial charge in [0.1, 0.15) is 6.61 Å². The molecule has 2 aliphatic heterocycles. The molecule has 6 rings (SSSR count). The normalized spacial score (nSPS) is 21.1. The topological polar surface area (TPSA) is 57.7 Å². The van der Waals surface area contributed by atoms with E-state index in [2.05, 4.69) is 52.5 Å². The second-order valence-electron chi connectivity index (χ2n) is 11.9. The summed E-state index contributed by atoms with van der Waals surface area (Å²) < 4.78 is 5.56. The Balaban J connectivity index is 1.04. The summed E-state index contributed by atoms with van der Waals surface area (Å²) in [4.78, 5) is 22.3. The molecule has 210 valence electrons. The molecule has 1 aliphatic carbocycles. The van der Waals surface area contributed by atoms with Gasteiger partial charge in [-0.25, -0.2) is 0 Å². The molecule has 0 radical (unpaired) electrons. The molecule has 1 saturated heterocycles. The molecule has 6 heteroatoms. The summed E-state index contributed by atoms with van der Waals surface area (Å²) >= 11 is 0. The average Bonchev–Trinajstić information content (AvgIpc) is 3.00. The minimum absolute atomic E-state index is 0.0757. The molecule has 3 aliphatic rings. The highest BCUT2D eigenvalue weighted by Gasteiger charge is 2.30. The molecular formula is C34H42N4O2. The van der Waals surface area contributed by atoms with E-state index in [4.69, 9.17) is 9.72 Å². The first-order valence-electron chi connectivity index (χ1n) is 15.1. The number of ether oxygens (including phenoxy) is 1. The van der Waals surface area contributed by atoms with E-state index in [0.29, 0.717) is 31.0 Å². The van der Waals surface area contributed by atoms with E-state index in [1.165, 1.54) is 40.9 Å². The van der Waals surface area contributed by atoms with Gasteiger partial charge in [0.2, 0.25) is 0 Å². The van der Waals surface area contributed by atoms with Gasteiger partial charge in [-0.15, -0.1) is 0 Å². The maximum Gasteiger partial charge on any atom is 0.306 e. The van der Waals surface area contributed by atoms with E-state index < -0.39 is 0 Å². The van der Waals surface area contributed by atoms with E-state index in [9.17, 15) is 4.79 Å². The number of rotatable bonds is 8. The molecule has 0 unspecified atom stereocenters. The molecule has 40 heavy (non-hydrogen) atoms. The molecule has 2 atom stereocenters. The van der Waals surface area contributed by atoms with Crippen LogP contribution in [-0.4, -0.2) is 48.6 Å². The first-order chi connectivity index (χ1) is 19.6. The molecule has 0 saturated carbocycles. The van der Waals surface area contributed by atoms with Crippen molar-refractivity contribution in [2.45, 2.75) is 70.2 Å². The molecule has 1 N–H and O–H groups in total. The van der Waals surface area contributed by atoms with Crippen molar-refractivity contribution in [1.29, 1.82) is 0 Å². The quantitative estimate of drug-likeness (QED) is 0.385. The predicted octanol–water partition coefficient (Wildman–Crippen LogP) is 5.46. The lowest BCUT2D eigenvalue weighted by molar-refractivity contribution is -0.146. The van der Waals surface area contributed by atoms with E-state index in [1.54, 1.807) is 0 Å². The Morgan fingerprint density at radius 3 is 2.70 bits per heavy atom. The van der Waals surface area contributed by atoms with Crippen LogP contribution in [0, 0.1) is 5.92 Å². The number of likely N-dealkylation sites (N-methyl/N-ethyl adjacent to an activating group) is 1. The standard InChI is InChI=1S/C34H42N4O2/c1-37(32-14-5-10-27-12-7-17-35-34(27)32)23-29-21-30-28(22-36-29)11-6-13-31(30)38-18-15-25(16-19-38)20-33(39)40-24-26-8-3-2-4-9-26/h2-4,6-9,11-13,17,25,29,32,36H,5,10,14-16,18-24H2,1H3/t29-,32+/m1/s1. The number of benzene rings is 2. The summed E-state index contributed by atoms with van der Waals surface area (Å²) in [7, 11) is 2.27. The number of aryl methyl sites for hydroxylation is 1. The van der Waals surface area contributed by atoms with Gasteiger partial charge < -0.3 is 15.0 Å². The number of carbonyl (C=O) groups excluding carboxylic acids is 1. The van der Waals surface area contributed by atoms with Crippen molar-refractivity contribution in [3.05, 3.63) is 94.8 Å². The molecule has 1 fully saturated rings. The number of fused-ring (bicyclic) bond motifs is 2. The number of anilines is 1. The van der Waals surface area contributed by atoms with Crippen LogP contribution in [0.3, 0.4) is 0 Å². The lowest BCUT2D eigenvalue weighted by Crippen LogP contribution is -2.45. The lowest BCUT2D eigenvalue weighted by Gasteiger charge is -2.39. The molecule has 3 heterocycles. The van der Waals surface area contributed by atoms with Crippen LogP contribution in [0.15, 0.2) is 66.9 Å². The minimum atomic E-state index is -0.0757. The van der Waals surface area contributed by atoms with Crippen molar-refractivity contribution >= 4 is 11.7 Å². The van der Waals surface area contributed by atoms with Crippen molar-refractivity contribution < 1.29 is 9.53 Å². The summed E-state index contributed by atoms with van der Waals surface area (Å²) in [5, 5.41) is 3.82. The third kappa shape index (κ3) is 6.24. The first-order valence-corrected chi connectivity index (χ1v) is 15.1. The fourth-order valence-corrected chi connectivity index (χ4v) is 6.92. The number of carbonyl (C=O) groups is 1. The fourth-order valence-electron chi connectivity index (χ4n) is 6.92. The zero-order chi connectivity index (χ0) is 27.3. The van der Waals surface area contributed by atoms with Crippen LogP contribution in [0.4, 0.5) is 5.69 Å². The van der Waals surface area contributed by atoms with E-state index >= 15 is 0 Å². The van der Waals surface area contributed by atoms with Crippen LogP contribution >= 0.6 is 0 Å². The van der Waals surface area contributed by atoms with Gasteiger partial charge in [-0.3, -0.25) is 14.7 Å². The van der Waals surface area contributed by atoms with Gasteiger partial charge in [0.25, 0.3) is 0 Å². The SMILES string of the molecule is CN(C[C@H]1Cc2c(cccc2N2CCC(CC(=O)OCc3ccccc3)CC2)CN1)[C@H]1CCCc2cccnc21. The molecule has 1 aromatic heterocycles. The Morgan fingerprint density at radius 2 is 1.85 bits per heavy atom. The number of piperidine rings is 1. The Bertz CT molecular complexity index is 1290. The smallest absolute Gasteiger partial charge is 0.306 e. The molecule has 0 spiro atoms. The number of nitrogens with zero attached hydrogens (tertiary/aromatic N) is 3. The first kappa shape index (κ1) is 27.0. The zero-order valence-corrected chi connectivity index (χ0v) is 23.7. The fraction of sp³-hybridized carbons (Fsp3) is 0.471. The van der Waals surface area contributed by atoms with Crippen LogP contribution < -0.4 is 10.2 Å². The maximum absolute atomic E-state index is 12.5. The summed E-state index contributed by atoms with van der Waals surface area (Å²) in [5.41, 5.74) is 8.05. The maximum atomic E-state index is 12.5. The minimum Gasteiger partial charge on any atom is -0.461 e. The number of hydrogen-bond acceptors (Lipinski definition) is 6. The predicted molar refractivity (Wildman–Crippen MR) is 159 cm³/mol. The largest absolute Gasteiger partial charge is 0.461 e. The number of hydrogen-bond donors (Lipinski definition) is 1. The third-order valence-corrected chi connectivity index (χ3v) is 9.14. The molecule has 3 aromatic rings. The van der Waals surface area contributed by atoms with Crippen LogP contribution in [0.25, 0.3) is 0 Å². The summed E-state index contributed by atoms with van der Waals surface area (Å²) in [6, 6.07) is 21.9. The summed E-state index contributed by atoms with van der Waals surface area (Å²) in [6.45, 7) is 4.29. The number of pyridine rings is 1.